The molecule has 0 bridgehead atoms. The zero-order chi connectivity index (χ0) is 28.5. The Balaban J connectivity index is 1.30. The van der Waals surface area contributed by atoms with Crippen molar-refractivity contribution >= 4 is 69.1 Å². The summed E-state index contributed by atoms with van der Waals surface area (Å²) in [5, 5.41) is 7.23. The van der Waals surface area contributed by atoms with E-state index in [1.54, 1.807) is 37.6 Å². The molecule has 1 saturated heterocycles. The van der Waals surface area contributed by atoms with Gasteiger partial charge < -0.3 is 29.5 Å². The normalized spacial score (nSPS) is 15.7. The number of aryl methyl sites for hydroxylation is 1. The summed E-state index contributed by atoms with van der Waals surface area (Å²) in [5.41, 5.74) is 6.64. The maximum absolute atomic E-state index is 6.61. The van der Waals surface area contributed by atoms with Crippen molar-refractivity contribution in [2.24, 2.45) is 0 Å². The Morgan fingerprint density at radius 2 is 1.80 bits per heavy atom. The second-order valence-corrected chi connectivity index (χ2v) is 11.6. The van der Waals surface area contributed by atoms with Crippen LogP contribution in [0.3, 0.4) is 0 Å². The summed E-state index contributed by atoms with van der Waals surface area (Å²) in [6.45, 7) is 6.17. The molecule has 1 aliphatic carbocycles. The van der Waals surface area contributed by atoms with Gasteiger partial charge in [-0.25, -0.2) is 4.98 Å². The minimum absolute atomic E-state index is 0.410. The third-order valence-electron chi connectivity index (χ3n) is 7.52. The molecule has 12 heteroatoms. The molecule has 3 heterocycles. The van der Waals surface area contributed by atoms with E-state index in [1.165, 1.54) is 5.69 Å². The standard InChI is InChI=1S/C29H34ClN9OS/c1-18-15-23(25(40-3)16-24(18)38-13-11-37(2)12-14-38)35-29-33-17-20(30)28(36-29)34-22-8-7-21-26(32-10-9-31-21)27(22)39(41-4)19-5-6-19/h7-10,15-17,19H,5-6,11-14H2,1-4H3,(H2,33,34,35,36). The molecule has 2 aliphatic rings. The number of methoxy groups -OCH3 is 1. The van der Waals surface area contributed by atoms with Crippen LogP contribution in [0.15, 0.2) is 42.9 Å². The van der Waals surface area contributed by atoms with Crippen molar-refractivity contribution in [3.63, 3.8) is 0 Å². The number of hydrogen-bond acceptors (Lipinski definition) is 11. The third kappa shape index (κ3) is 5.79. The fraction of sp³-hybridized carbons (Fsp3) is 0.379. The number of likely N-dealkylation sites (N-methyl/N-ethyl adjacent to an activating group) is 1. The zero-order valence-corrected chi connectivity index (χ0v) is 25.3. The summed E-state index contributed by atoms with van der Waals surface area (Å²) in [7, 11) is 3.84. The lowest BCUT2D eigenvalue weighted by Crippen LogP contribution is -2.44. The molecule has 0 radical (unpaired) electrons. The van der Waals surface area contributed by atoms with Crippen LogP contribution in [-0.4, -0.2) is 77.5 Å². The molecule has 214 valence electrons. The van der Waals surface area contributed by atoms with Gasteiger partial charge >= 0.3 is 0 Å². The Morgan fingerprint density at radius 1 is 1.02 bits per heavy atom. The lowest BCUT2D eigenvalue weighted by molar-refractivity contribution is 0.312. The van der Waals surface area contributed by atoms with E-state index >= 15 is 0 Å². The number of ether oxygens (including phenoxy) is 1. The quantitative estimate of drug-likeness (QED) is 0.229. The molecule has 2 aromatic carbocycles. The van der Waals surface area contributed by atoms with E-state index in [0.717, 1.165) is 78.4 Å². The minimum Gasteiger partial charge on any atom is -0.494 e. The van der Waals surface area contributed by atoms with Gasteiger partial charge in [-0.05, 0) is 50.6 Å². The molecular formula is C29H34ClN9OS. The highest BCUT2D eigenvalue weighted by molar-refractivity contribution is 8.00. The van der Waals surface area contributed by atoms with Gasteiger partial charge in [0.1, 0.15) is 16.3 Å². The van der Waals surface area contributed by atoms with E-state index in [4.69, 9.17) is 21.3 Å². The van der Waals surface area contributed by atoms with Crippen LogP contribution in [0.1, 0.15) is 18.4 Å². The number of rotatable bonds is 9. The largest absolute Gasteiger partial charge is 0.494 e. The summed E-state index contributed by atoms with van der Waals surface area (Å²) in [5.74, 6) is 1.64. The van der Waals surface area contributed by atoms with Crippen LogP contribution >= 0.6 is 23.5 Å². The first-order chi connectivity index (χ1) is 19.9. The monoisotopic (exact) mass is 591 g/mol. The van der Waals surface area contributed by atoms with Crippen molar-refractivity contribution in [1.82, 2.24) is 24.8 Å². The minimum atomic E-state index is 0.410. The van der Waals surface area contributed by atoms with Crippen molar-refractivity contribution in [3.8, 4) is 5.75 Å². The van der Waals surface area contributed by atoms with Gasteiger partial charge in [-0.15, -0.1) is 0 Å². The average molecular weight is 592 g/mol. The van der Waals surface area contributed by atoms with E-state index < -0.39 is 0 Å². The molecule has 2 fully saturated rings. The molecule has 6 rings (SSSR count). The number of aromatic nitrogens is 4. The molecule has 1 aliphatic heterocycles. The number of benzene rings is 2. The highest BCUT2D eigenvalue weighted by Gasteiger charge is 2.32. The molecular weight excluding hydrogens is 558 g/mol. The predicted molar refractivity (Wildman–Crippen MR) is 170 cm³/mol. The molecule has 2 aromatic heterocycles. The lowest BCUT2D eigenvalue weighted by Gasteiger charge is -2.35. The molecule has 41 heavy (non-hydrogen) atoms. The summed E-state index contributed by atoms with van der Waals surface area (Å²) < 4.78 is 8.09. The van der Waals surface area contributed by atoms with Crippen LogP contribution in [0, 0.1) is 6.92 Å². The van der Waals surface area contributed by atoms with Crippen LogP contribution in [-0.2, 0) is 0 Å². The molecule has 0 unspecified atom stereocenters. The number of hydrogen-bond donors (Lipinski definition) is 2. The van der Waals surface area contributed by atoms with E-state index in [2.05, 4.69) is 72.1 Å². The Hall–Kier alpha value is -3.54. The number of fused-ring (bicyclic) bond motifs is 1. The number of halogens is 1. The van der Waals surface area contributed by atoms with Gasteiger partial charge in [-0.3, -0.25) is 9.97 Å². The van der Waals surface area contributed by atoms with Crippen molar-refractivity contribution in [2.75, 3.05) is 66.4 Å². The van der Waals surface area contributed by atoms with Gasteiger partial charge in [-0.1, -0.05) is 23.5 Å². The molecule has 10 nitrogen and oxygen atoms in total. The zero-order valence-electron chi connectivity index (χ0n) is 23.7. The smallest absolute Gasteiger partial charge is 0.229 e. The highest BCUT2D eigenvalue weighted by atomic mass is 35.5. The van der Waals surface area contributed by atoms with Crippen LogP contribution in [0.5, 0.6) is 5.75 Å². The molecule has 0 spiro atoms. The Morgan fingerprint density at radius 3 is 2.54 bits per heavy atom. The topological polar surface area (TPSA) is 94.6 Å². The van der Waals surface area contributed by atoms with Crippen molar-refractivity contribution in [1.29, 1.82) is 0 Å². The maximum Gasteiger partial charge on any atom is 0.229 e. The number of nitrogens with one attached hydrogen (secondary N) is 2. The summed E-state index contributed by atoms with van der Waals surface area (Å²) in [6.07, 6.45) is 9.42. The highest BCUT2D eigenvalue weighted by Crippen LogP contribution is 2.44. The van der Waals surface area contributed by atoms with E-state index in [9.17, 15) is 0 Å². The summed E-state index contributed by atoms with van der Waals surface area (Å²) in [6, 6.07) is 8.61. The SMILES string of the molecule is COc1cc(N2CCN(C)CC2)c(C)cc1Nc1ncc(Cl)c(Nc2ccc3nccnc3c2N(SC)C2CC2)n1. The van der Waals surface area contributed by atoms with Gasteiger partial charge in [0, 0.05) is 62.6 Å². The molecule has 0 atom stereocenters. The van der Waals surface area contributed by atoms with Crippen LogP contribution < -0.4 is 24.6 Å². The number of piperazine rings is 1. The Kier molecular flexibility index (Phi) is 7.92. The maximum atomic E-state index is 6.61. The predicted octanol–water partition coefficient (Wildman–Crippen LogP) is 5.88. The Bertz CT molecular complexity index is 1560. The first-order valence-electron chi connectivity index (χ1n) is 13.7. The van der Waals surface area contributed by atoms with Gasteiger partial charge in [0.05, 0.1) is 35.9 Å². The summed E-state index contributed by atoms with van der Waals surface area (Å²) >= 11 is 8.30. The van der Waals surface area contributed by atoms with Crippen molar-refractivity contribution in [3.05, 3.63) is 53.4 Å². The lowest BCUT2D eigenvalue weighted by atomic mass is 10.1. The fourth-order valence-electron chi connectivity index (χ4n) is 5.17. The first-order valence-corrected chi connectivity index (χ1v) is 15.3. The molecule has 0 amide bonds. The van der Waals surface area contributed by atoms with Gasteiger partial charge in [0.25, 0.3) is 0 Å². The third-order valence-corrected chi connectivity index (χ3v) is 8.67. The van der Waals surface area contributed by atoms with Crippen LogP contribution in [0.25, 0.3) is 11.0 Å². The van der Waals surface area contributed by atoms with Gasteiger partial charge in [0.15, 0.2) is 5.82 Å². The van der Waals surface area contributed by atoms with E-state index in [-0.39, 0.29) is 0 Å². The van der Waals surface area contributed by atoms with Crippen LogP contribution in [0.2, 0.25) is 5.02 Å². The van der Waals surface area contributed by atoms with Gasteiger partial charge in [0.2, 0.25) is 5.95 Å². The summed E-state index contributed by atoms with van der Waals surface area (Å²) in [4.78, 5) is 23.2. The number of anilines is 6. The second-order valence-electron chi connectivity index (χ2n) is 10.4. The number of nitrogens with zero attached hydrogens (tertiary/aromatic N) is 7. The van der Waals surface area contributed by atoms with Gasteiger partial charge in [-0.2, -0.15) is 4.98 Å². The average Bonchev–Trinajstić information content (AvgIpc) is 3.82. The molecule has 1 saturated carbocycles. The first kappa shape index (κ1) is 27.6. The molecule has 4 aromatic rings. The Labute approximate surface area is 249 Å². The van der Waals surface area contributed by atoms with E-state index in [0.29, 0.717) is 22.8 Å². The second kappa shape index (κ2) is 11.8. The fourth-order valence-corrected chi connectivity index (χ4v) is 6.19. The van der Waals surface area contributed by atoms with Crippen LogP contribution in [0.4, 0.5) is 34.5 Å². The molecule has 2 N–H and O–H groups in total. The van der Waals surface area contributed by atoms with Crippen molar-refractivity contribution in [2.45, 2.75) is 25.8 Å². The van der Waals surface area contributed by atoms with Crippen molar-refractivity contribution < 1.29 is 4.74 Å². The van der Waals surface area contributed by atoms with E-state index in [1.807, 2.05) is 12.1 Å².